The zero-order valence-electron chi connectivity index (χ0n) is 21.9. The number of hydrazone groups is 1. The normalized spacial score (nSPS) is 26.4. The van der Waals surface area contributed by atoms with Crippen LogP contribution in [0.2, 0.25) is 0 Å². The van der Waals surface area contributed by atoms with Crippen molar-refractivity contribution in [3.63, 3.8) is 0 Å². The second-order valence-electron chi connectivity index (χ2n) is 11.2. The number of halogens is 2. The SMILES string of the molecule is CC(=O)N1CCC2=C(C1)C(N1CCCc3cc(C4C=NN(C)C4)c(C(F)F)cc31)CN2C1CCNCC1. The number of anilines is 1. The van der Waals surface area contributed by atoms with Crippen LogP contribution in [0.5, 0.6) is 0 Å². The van der Waals surface area contributed by atoms with Crippen LogP contribution in [0, 0.1) is 0 Å². The highest BCUT2D eigenvalue weighted by atomic mass is 19.3. The minimum atomic E-state index is -2.53. The first-order chi connectivity index (χ1) is 17.9. The maximum Gasteiger partial charge on any atom is 0.264 e. The molecule has 7 nitrogen and oxygen atoms in total. The third-order valence-electron chi connectivity index (χ3n) is 9.02. The van der Waals surface area contributed by atoms with Gasteiger partial charge in [0, 0.05) is 88.2 Å². The molecular weight excluding hydrogens is 474 g/mol. The Labute approximate surface area is 218 Å². The first kappa shape index (κ1) is 24.6. The zero-order valence-corrected chi connectivity index (χ0v) is 21.9. The van der Waals surface area contributed by atoms with Gasteiger partial charge in [0.25, 0.3) is 6.43 Å². The van der Waals surface area contributed by atoms with E-state index in [1.165, 1.54) is 11.3 Å². The number of hydrogen-bond donors (Lipinski definition) is 1. The number of rotatable bonds is 4. The second-order valence-corrected chi connectivity index (χ2v) is 11.2. The lowest BCUT2D eigenvalue weighted by molar-refractivity contribution is -0.128. The van der Waals surface area contributed by atoms with Crippen molar-refractivity contribution in [2.45, 2.75) is 63.5 Å². The fourth-order valence-corrected chi connectivity index (χ4v) is 7.13. The van der Waals surface area contributed by atoms with E-state index in [2.05, 4.69) is 20.2 Å². The first-order valence-corrected chi connectivity index (χ1v) is 13.8. The van der Waals surface area contributed by atoms with E-state index in [4.69, 9.17) is 0 Å². The summed E-state index contributed by atoms with van der Waals surface area (Å²) in [6.07, 6.45) is 4.29. The second kappa shape index (κ2) is 9.89. The molecule has 1 aromatic rings. The van der Waals surface area contributed by atoms with Crippen molar-refractivity contribution in [3.05, 3.63) is 40.1 Å². The summed E-state index contributed by atoms with van der Waals surface area (Å²) in [6, 6.07) is 4.43. The standard InChI is InChI=1S/C28H38F2N6O/c1-18(37)34-11-7-25-24(16-34)27(17-36(25)21-5-8-31-9-6-21)35-10-3-4-19-12-22(20-14-32-33(2)15-20)23(28(29)30)13-26(19)35/h12-14,20-21,27-28,31H,3-11,15-17H2,1-2H3. The van der Waals surface area contributed by atoms with Crippen molar-refractivity contribution >= 4 is 17.8 Å². The lowest BCUT2D eigenvalue weighted by Gasteiger charge is -2.40. The minimum Gasteiger partial charge on any atom is -0.369 e. The van der Waals surface area contributed by atoms with E-state index < -0.39 is 6.43 Å². The summed E-state index contributed by atoms with van der Waals surface area (Å²) in [6.45, 7) is 7.48. The van der Waals surface area contributed by atoms with Gasteiger partial charge in [-0.25, -0.2) is 8.78 Å². The van der Waals surface area contributed by atoms with Crippen molar-refractivity contribution < 1.29 is 13.6 Å². The van der Waals surface area contributed by atoms with Crippen LogP contribution in [0.25, 0.3) is 0 Å². The lowest BCUT2D eigenvalue weighted by Crippen LogP contribution is -2.47. The summed E-state index contributed by atoms with van der Waals surface area (Å²) >= 11 is 0. The number of alkyl halides is 2. The Bertz CT molecular complexity index is 1110. The molecule has 1 N–H and O–H groups in total. The minimum absolute atomic E-state index is 0.103. The fraction of sp³-hybridized carbons (Fsp3) is 0.643. The van der Waals surface area contributed by atoms with Crippen LogP contribution >= 0.6 is 0 Å². The Kier molecular flexibility index (Phi) is 6.59. The van der Waals surface area contributed by atoms with Crippen molar-refractivity contribution in [3.8, 4) is 0 Å². The average Bonchev–Trinajstić information content (AvgIpc) is 3.51. The molecule has 6 rings (SSSR count). The van der Waals surface area contributed by atoms with Gasteiger partial charge in [-0.2, -0.15) is 5.10 Å². The molecule has 5 aliphatic heterocycles. The number of nitrogens with one attached hydrogen (secondary N) is 1. The van der Waals surface area contributed by atoms with Gasteiger partial charge in [-0.3, -0.25) is 9.80 Å². The molecule has 0 aliphatic carbocycles. The Balaban J connectivity index is 1.37. The molecule has 1 aromatic carbocycles. The van der Waals surface area contributed by atoms with Crippen molar-refractivity contribution in [1.82, 2.24) is 20.1 Å². The number of aryl methyl sites for hydroxylation is 1. The van der Waals surface area contributed by atoms with Crippen molar-refractivity contribution in [1.29, 1.82) is 0 Å². The predicted octanol–water partition coefficient (Wildman–Crippen LogP) is 3.33. The highest BCUT2D eigenvalue weighted by molar-refractivity contribution is 5.75. The Hall–Kier alpha value is -2.68. The highest BCUT2D eigenvalue weighted by Crippen LogP contribution is 2.43. The molecule has 1 amide bonds. The molecule has 0 saturated carbocycles. The topological polar surface area (TPSA) is 54.4 Å². The molecule has 200 valence electrons. The van der Waals surface area contributed by atoms with Gasteiger partial charge in [0.15, 0.2) is 0 Å². The number of piperidine rings is 1. The number of likely N-dealkylation sites (N-methyl/N-ethyl adjacent to an activating group) is 1. The predicted molar refractivity (Wildman–Crippen MR) is 141 cm³/mol. The van der Waals surface area contributed by atoms with Gasteiger partial charge < -0.3 is 20.0 Å². The fourth-order valence-electron chi connectivity index (χ4n) is 7.13. The molecule has 0 spiro atoms. The van der Waals surface area contributed by atoms with E-state index in [1.54, 1.807) is 19.2 Å². The zero-order chi connectivity index (χ0) is 25.7. The number of hydrogen-bond acceptors (Lipinski definition) is 6. The molecule has 5 heterocycles. The summed E-state index contributed by atoms with van der Waals surface area (Å²) in [5, 5.41) is 9.60. The van der Waals surface area contributed by atoms with E-state index in [9.17, 15) is 13.6 Å². The van der Waals surface area contributed by atoms with Gasteiger partial charge in [-0.1, -0.05) is 6.07 Å². The largest absolute Gasteiger partial charge is 0.369 e. The number of benzene rings is 1. The smallest absolute Gasteiger partial charge is 0.264 e. The van der Waals surface area contributed by atoms with E-state index in [0.29, 0.717) is 24.7 Å². The van der Waals surface area contributed by atoms with Crippen LogP contribution in [0.4, 0.5) is 14.5 Å². The van der Waals surface area contributed by atoms with Gasteiger partial charge in [-0.15, -0.1) is 0 Å². The number of carbonyl (C=O) groups excluding carboxylic acids is 1. The van der Waals surface area contributed by atoms with E-state index in [-0.39, 0.29) is 23.4 Å². The van der Waals surface area contributed by atoms with E-state index in [0.717, 1.165) is 76.1 Å². The highest BCUT2D eigenvalue weighted by Gasteiger charge is 2.42. The van der Waals surface area contributed by atoms with Crippen molar-refractivity contribution in [2.75, 3.05) is 57.8 Å². The summed E-state index contributed by atoms with van der Waals surface area (Å²) in [5.74, 6) is 0.00539. The van der Waals surface area contributed by atoms with Gasteiger partial charge >= 0.3 is 0 Å². The van der Waals surface area contributed by atoms with Crippen LogP contribution in [0.1, 0.15) is 61.6 Å². The Morgan fingerprint density at radius 3 is 2.62 bits per heavy atom. The van der Waals surface area contributed by atoms with Gasteiger partial charge in [0.2, 0.25) is 5.91 Å². The summed E-state index contributed by atoms with van der Waals surface area (Å²) in [5.41, 5.74) is 5.69. The van der Waals surface area contributed by atoms with Gasteiger partial charge in [-0.05, 0) is 61.5 Å². The molecule has 1 fully saturated rings. The van der Waals surface area contributed by atoms with Crippen LogP contribution in [-0.4, -0.2) is 91.9 Å². The molecule has 0 radical (unpaired) electrons. The number of amides is 1. The van der Waals surface area contributed by atoms with Gasteiger partial charge in [0.05, 0.1) is 6.04 Å². The number of nitrogens with zero attached hydrogens (tertiary/aromatic N) is 5. The van der Waals surface area contributed by atoms with Gasteiger partial charge in [0.1, 0.15) is 0 Å². The van der Waals surface area contributed by atoms with Crippen LogP contribution in [0.15, 0.2) is 28.5 Å². The molecule has 1 saturated heterocycles. The number of carbonyl (C=O) groups is 1. The molecule has 0 bridgehead atoms. The number of fused-ring (bicyclic) bond motifs is 1. The molecule has 9 heteroatoms. The van der Waals surface area contributed by atoms with E-state index >= 15 is 0 Å². The molecular formula is C28H38F2N6O. The van der Waals surface area contributed by atoms with Crippen molar-refractivity contribution in [2.24, 2.45) is 5.10 Å². The van der Waals surface area contributed by atoms with Crippen LogP contribution in [0.3, 0.4) is 0 Å². The molecule has 2 atom stereocenters. The third-order valence-corrected chi connectivity index (χ3v) is 9.02. The average molecular weight is 513 g/mol. The monoisotopic (exact) mass is 512 g/mol. The molecule has 2 unspecified atom stereocenters. The summed E-state index contributed by atoms with van der Waals surface area (Å²) in [7, 11) is 1.88. The Morgan fingerprint density at radius 1 is 1.11 bits per heavy atom. The molecule has 0 aromatic heterocycles. The van der Waals surface area contributed by atoms with Crippen LogP contribution in [-0.2, 0) is 11.2 Å². The first-order valence-electron chi connectivity index (χ1n) is 13.8. The summed E-state index contributed by atoms with van der Waals surface area (Å²) < 4.78 is 28.8. The Morgan fingerprint density at radius 2 is 1.92 bits per heavy atom. The quantitative estimate of drug-likeness (QED) is 0.671. The molecule has 37 heavy (non-hydrogen) atoms. The summed E-state index contributed by atoms with van der Waals surface area (Å²) in [4.78, 5) is 19.3. The maximum absolute atomic E-state index is 14.4. The van der Waals surface area contributed by atoms with E-state index in [1.807, 2.05) is 23.0 Å². The van der Waals surface area contributed by atoms with Crippen LogP contribution < -0.4 is 10.2 Å². The molecule has 5 aliphatic rings. The third kappa shape index (κ3) is 4.49. The lowest BCUT2D eigenvalue weighted by atomic mass is 9.88. The maximum atomic E-state index is 14.4.